The largest absolute Gasteiger partial charge is 0.488 e. The SMILES string of the molecule is C=C(C)CN(CC)C(=O)COC(=O)C1=Cc2ccccc2OC1. The van der Waals surface area contributed by atoms with Crippen molar-refractivity contribution in [3.63, 3.8) is 0 Å². The fourth-order valence-corrected chi connectivity index (χ4v) is 2.25. The second kappa shape index (κ2) is 7.63. The van der Waals surface area contributed by atoms with Gasteiger partial charge in [0.25, 0.3) is 5.91 Å². The van der Waals surface area contributed by atoms with Crippen LogP contribution in [-0.2, 0) is 14.3 Å². The molecule has 0 bridgehead atoms. The lowest BCUT2D eigenvalue weighted by molar-refractivity contribution is -0.148. The van der Waals surface area contributed by atoms with Gasteiger partial charge in [0.2, 0.25) is 0 Å². The van der Waals surface area contributed by atoms with Crippen molar-refractivity contribution >= 4 is 18.0 Å². The van der Waals surface area contributed by atoms with E-state index in [1.54, 1.807) is 11.0 Å². The Balaban J connectivity index is 1.94. The maximum Gasteiger partial charge on any atom is 0.338 e. The van der Waals surface area contributed by atoms with Gasteiger partial charge in [0.15, 0.2) is 6.61 Å². The lowest BCUT2D eigenvalue weighted by Gasteiger charge is -2.21. The predicted octanol–water partition coefficient (Wildman–Crippen LogP) is 2.43. The number of likely N-dealkylation sites (N-methyl/N-ethyl adjacent to an activating group) is 1. The molecule has 1 aliphatic rings. The maximum atomic E-state index is 12.1. The quantitative estimate of drug-likeness (QED) is 0.597. The van der Waals surface area contributed by atoms with Crippen molar-refractivity contribution < 1.29 is 19.1 Å². The molecule has 0 atom stereocenters. The van der Waals surface area contributed by atoms with E-state index in [1.807, 2.05) is 38.1 Å². The molecule has 1 aromatic carbocycles. The highest BCUT2D eigenvalue weighted by molar-refractivity contribution is 5.96. The summed E-state index contributed by atoms with van der Waals surface area (Å²) in [7, 11) is 0. The molecular weight excluding hydrogens is 294 g/mol. The van der Waals surface area contributed by atoms with E-state index >= 15 is 0 Å². The lowest BCUT2D eigenvalue weighted by Crippen LogP contribution is -2.36. The molecule has 23 heavy (non-hydrogen) atoms. The number of rotatable bonds is 6. The third-order valence-electron chi connectivity index (χ3n) is 3.42. The monoisotopic (exact) mass is 315 g/mol. The molecule has 0 fully saturated rings. The van der Waals surface area contributed by atoms with Crippen molar-refractivity contribution in [1.29, 1.82) is 0 Å². The Labute approximate surface area is 136 Å². The minimum Gasteiger partial charge on any atom is -0.488 e. The van der Waals surface area contributed by atoms with Gasteiger partial charge in [-0.1, -0.05) is 30.4 Å². The number of fused-ring (bicyclic) bond motifs is 1. The molecule has 0 saturated heterocycles. The number of hydrogen-bond donors (Lipinski definition) is 0. The van der Waals surface area contributed by atoms with E-state index < -0.39 is 5.97 Å². The normalized spacial score (nSPS) is 12.5. The van der Waals surface area contributed by atoms with Gasteiger partial charge in [0, 0.05) is 18.7 Å². The molecule has 1 aromatic rings. The van der Waals surface area contributed by atoms with E-state index in [-0.39, 0.29) is 19.1 Å². The number of amides is 1. The predicted molar refractivity (Wildman–Crippen MR) is 87.9 cm³/mol. The van der Waals surface area contributed by atoms with Crippen LogP contribution in [0.2, 0.25) is 0 Å². The van der Waals surface area contributed by atoms with Crippen LogP contribution in [-0.4, -0.2) is 43.1 Å². The van der Waals surface area contributed by atoms with Crippen LogP contribution in [0.3, 0.4) is 0 Å². The zero-order chi connectivity index (χ0) is 16.8. The maximum absolute atomic E-state index is 12.1. The van der Waals surface area contributed by atoms with Gasteiger partial charge < -0.3 is 14.4 Å². The Bertz CT molecular complexity index is 648. The summed E-state index contributed by atoms with van der Waals surface area (Å²) in [4.78, 5) is 25.7. The van der Waals surface area contributed by atoms with Gasteiger partial charge in [-0.05, 0) is 26.0 Å². The summed E-state index contributed by atoms with van der Waals surface area (Å²) in [6.07, 6.45) is 1.73. The molecule has 0 radical (unpaired) electrons. The molecule has 1 aliphatic heterocycles. The zero-order valence-corrected chi connectivity index (χ0v) is 13.5. The number of carbonyl (C=O) groups is 2. The van der Waals surface area contributed by atoms with Crippen molar-refractivity contribution in [1.82, 2.24) is 4.90 Å². The van der Waals surface area contributed by atoms with E-state index in [0.29, 0.717) is 18.7 Å². The molecule has 0 aromatic heterocycles. The molecule has 0 saturated carbocycles. The van der Waals surface area contributed by atoms with E-state index in [0.717, 1.165) is 16.9 Å². The van der Waals surface area contributed by atoms with Gasteiger partial charge in [-0.25, -0.2) is 4.79 Å². The van der Waals surface area contributed by atoms with Crippen LogP contribution in [0.25, 0.3) is 6.08 Å². The smallest absolute Gasteiger partial charge is 0.338 e. The van der Waals surface area contributed by atoms with Crippen LogP contribution >= 0.6 is 0 Å². The highest BCUT2D eigenvalue weighted by Gasteiger charge is 2.20. The second-order valence-corrected chi connectivity index (χ2v) is 5.44. The van der Waals surface area contributed by atoms with Crippen LogP contribution in [0.1, 0.15) is 19.4 Å². The highest BCUT2D eigenvalue weighted by Crippen LogP contribution is 2.26. The minimum absolute atomic E-state index is 0.146. The summed E-state index contributed by atoms with van der Waals surface area (Å²) in [5.74, 6) is -0.0282. The Morgan fingerprint density at radius 1 is 1.35 bits per heavy atom. The fourth-order valence-electron chi connectivity index (χ4n) is 2.25. The average Bonchev–Trinajstić information content (AvgIpc) is 2.56. The summed E-state index contributed by atoms with van der Waals surface area (Å²) in [6.45, 7) is 8.39. The highest BCUT2D eigenvalue weighted by atomic mass is 16.5. The van der Waals surface area contributed by atoms with E-state index in [2.05, 4.69) is 6.58 Å². The van der Waals surface area contributed by atoms with Gasteiger partial charge in [0.1, 0.15) is 12.4 Å². The van der Waals surface area contributed by atoms with Gasteiger partial charge in [-0.15, -0.1) is 0 Å². The lowest BCUT2D eigenvalue weighted by atomic mass is 10.1. The van der Waals surface area contributed by atoms with Gasteiger partial charge in [-0.2, -0.15) is 0 Å². The molecule has 122 valence electrons. The van der Waals surface area contributed by atoms with Crippen molar-refractivity contribution in [2.45, 2.75) is 13.8 Å². The fraction of sp³-hybridized carbons (Fsp3) is 0.333. The molecule has 0 N–H and O–H groups in total. The standard InChI is InChI=1S/C18H21NO4/c1-4-19(10-13(2)3)17(20)12-23-18(21)15-9-14-7-5-6-8-16(14)22-11-15/h5-9H,2,4,10-12H2,1,3H3. The van der Waals surface area contributed by atoms with Crippen molar-refractivity contribution in [2.24, 2.45) is 0 Å². The molecule has 0 spiro atoms. The first kappa shape index (κ1) is 16.8. The first-order valence-electron chi connectivity index (χ1n) is 7.53. The Hall–Kier alpha value is -2.56. The Kier molecular flexibility index (Phi) is 5.57. The third-order valence-corrected chi connectivity index (χ3v) is 3.42. The van der Waals surface area contributed by atoms with Gasteiger partial charge in [0.05, 0.1) is 5.57 Å². The number of carbonyl (C=O) groups excluding carboxylic acids is 2. The average molecular weight is 315 g/mol. The number of nitrogens with zero attached hydrogens (tertiary/aromatic N) is 1. The number of para-hydroxylation sites is 1. The van der Waals surface area contributed by atoms with Crippen LogP contribution in [0, 0.1) is 0 Å². The zero-order valence-electron chi connectivity index (χ0n) is 13.5. The molecule has 1 heterocycles. The van der Waals surface area contributed by atoms with Crippen LogP contribution in [0.5, 0.6) is 5.75 Å². The summed E-state index contributed by atoms with van der Waals surface area (Å²) >= 11 is 0. The topological polar surface area (TPSA) is 55.8 Å². The number of ether oxygens (including phenoxy) is 2. The summed E-state index contributed by atoms with van der Waals surface area (Å²) in [5.41, 5.74) is 2.11. The third kappa shape index (κ3) is 4.45. The van der Waals surface area contributed by atoms with Gasteiger partial charge in [-0.3, -0.25) is 4.79 Å². The summed E-state index contributed by atoms with van der Waals surface area (Å²) in [6, 6.07) is 7.44. The number of benzene rings is 1. The minimum atomic E-state index is -0.528. The van der Waals surface area contributed by atoms with Crippen LogP contribution in [0.15, 0.2) is 42.0 Å². The molecular formula is C18H21NO4. The second-order valence-electron chi connectivity index (χ2n) is 5.44. The van der Waals surface area contributed by atoms with Crippen molar-refractivity contribution in [3.8, 4) is 5.75 Å². The van der Waals surface area contributed by atoms with E-state index in [1.165, 1.54) is 0 Å². The van der Waals surface area contributed by atoms with Crippen LogP contribution < -0.4 is 4.74 Å². The van der Waals surface area contributed by atoms with E-state index in [4.69, 9.17) is 9.47 Å². The molecule has 0 aliphatic carbocycles. The van der Waals surface area contributed by atoms with Crippen molar-refractivity contribution in [3.05, 3.63) is 47.6 Å². The molecule has 5 heteroatoms. The van der Waals surface area contributed by atoms with Gasteiger partial charge >= 0.3 is 5.97 Å². The molecule has 2 rings (SSSR count). The summed E-state index contributed by atoms with van der Waals surface area (Å²) in [5, 5.41) is 0. The Morgan fingerprint density at radius 2 is 2.09 bits per heavy atom. The summed E-state index contributed by atoms with van der Waals surface area (Å²) < 4.78 is 10.6. The first-order chi connectivity index (χ1) is 11.0. The molecule has 5 nitrogen and oxygen atoms in total. The Morgan fingerprint density at radius 3 is 2.78 bits per heavy atom. The van der Waals surface area contributed by atoms with Crippen molar-refractivity contribution in [2.75, 3.05) is 26.3 Å². The van der Waals surface area contributed by atoms with Crippen LogP contribution in [0.4, 0.5) is 0 Å². The number of esters is 1. The number of hydrogen-bond acceptors (Lipinski definition) is 4. The van der Waals surface area contributed by atoms with E-state index in [9.17, 15) is 9.59 Å². The molecule has 1 amide bonds. The molecule has 0 unspecified atom stereocenters. The first-order valence-corrected chi connectivity index (χ1v) is 7.53.